The number of rotatable bonds is 8. The minimum Gasteiger partial charge on any atom is -0.384 e. The smallest absolute Gasteiger partial charge is 0.122 e. The van der Waals surface area contributed by atoms with Gasteiger partial charge in [-0.1, -0.05) is 97.1 Å². The van der Waals surface area contributed by atoms with Crippen LogP contribution in [0.2, 0.25) is 0 Å². The van der Waals surface area contributed by atoms with Crippen molar-refractivity contribution in [2.24, 2.45) is 22.9 Å². The summed E-state index contributed by atoms with van der Waals surface area (Å²) < 4.78 is 0. The third-order valence-electron chi connectivity index (χ3n) is 6.52. The summed E-state index contributed by atoms with van der Waals surface area (Å²) in [5, 5.41) is 31.3. The molecule has 0 aliphatic heterocycles. The largest absolute Gasteiger partial charge is 0.384 e. The van der Waals surface area contributed by atoms with Crippen molar-refractivity contribution in [1.29, 1.82) is 21.6 Å². The SMILES string of the molecule is N=C(N)c1ccc(C(c2ccc(C(=N)N)cc2)(c2ccc(C(=N)N)cc2)c2ccc(C(=N)N)cc2)cc1. The third-order valence-corrected chi connectivity index (χ3v) is 6.52. The van der Waals surface area contributed by atoms with Gasteiger partial charge in [0.1, 0.15) is 23.3 Å². The monoisotopic (exact) mass is 488 g/mol. The average molecular weight is 489 g/mol. The van der Waals surface area contributed by atoms with Gasteiger partial charge in [0.25, 0.3) is 0 Å². The lowest BCUT2D eigenvalue weighted by Gasteiger charge is -2.37. The summed E-state index contributed by atoms with van der Waals surface area (Å²) in [6, 6.07) is 30.0. The Kier molecular flexibility index (Phi) is 6.58. The van der Waals surface area contributed by atoms with E-state index in [9.17, 15) is 0 Å². The van der Waals surface area contributed by atoms with Crippen LogP contribution in [0.4, 0.5) is 0 Å². The lowest BCUT2D eigenvalue weighted by molar-refractivity contribution is 0.744. The molecule has 184 valence electrons. The molecule has 0 aliphatic carbocycles. The van der Waals surface area contributed by atoms with Gasteiger partial charge in [0.05, 0.1) is 5.41 Å². The van der Waals surface area contributed by atoms with E-state index in [2.05, 4.69) is 0 Å². The standard InChI is InChI=1S/C29H28N8/c30-25(31)17-1-9-21(10-2-17)29(22-11-3-18(4-12-22)26(32)33,23-13-5-19(6-14-23)27(34)35)24-15-7-20(8-16-24)28(36)37/h1-16H,(H3,30,31)(H3,32,33)(H3,34,35)(H3,36,37). The number of nitrogens with two attached hydrogens (primary N) is 4. The molecule has 0 saturated carbocycles. The van der Waals surface area contributed by atoms with Crippen LogP contribution in [0, 0.1) is 21.6 Å². The maximum Gasteiger partial charge on any atom is 0.122 e. The molecule has 0 radical (unpaired) electrons. The van der Waals surface area contributed by atoms with Crippen LogP contribution in [0.3, 0.4) is 0 Å². The van der Waals surface area contributed by atoms with Gasteiger partial charge in [-0.2, -0.15) is 0 Å². The minimum absolute atomic E-state index is 0.0282. The van der Waals surface area contributed by atoms with Crippen LogP contribution in [-0.2, 0) is 5.41 Å². The second kappa shape index (κ2) is 9.79. The Morgan fingerprint density at radius 3 is 0.649 bits per heavy atom. The van der Waals surface area contributed by atoms with Crippen molar-refractivity contribution >= 4 is 23.3 Å². The summed E-state index contributed by atoms with van der Waals surface area (Å²) in [5.41, 5.74) is 28.1. The fourth-order valence-electron chi connectivity index (χ4n) is 4.60. The Balaban J connectivity index is 2.09. The Bertz CT molecular complexity index is 1250. The van der Waals surface area contributed by atoms with Crippen LogP contribution in [0.5, 0.6) is 0 Å². The van der Waals surface area contributed by atoms with Crippen molar-refractivity contribution in [3.05, 3.63) is 142 Å². The molecule has 0 atom stereocenters. The second-order valence-corrected chi connectivity index (χ2v) is 8.71. The lowest BCUT2D eigenvalue weighted by atomic mass is 9.64. The van der Waals surface area contributed by atoms with E-state index in [1.54, 1.807) is 0 Å². The fourth-order valence-corrected chi connectivity index (χ4v) is 4.60. The zero-order valence-electron chi connectivity index (χ0n) is 20.0. The van der Waals surface area contributed by atoms with Gasteiger partial charge in [0.15, 0.2) is 0 Å². The number of amidine groups is 4. The number of hydrogen-bond acceptors (Lipinski definition) is 4. The van der Waals surface area contributed by atoms with E-state index >= 15 is 0 Å². The Morgan fingerprint density at radius 2 is 0.514 bits per heavy atom. The first-order chi connectivity index (χ1) is 17.6. The third kappa shape index (κ3) is 4.55. The minimum atomic E-state index is -0.852. The van der Waals surface area contributed by atoms with Gasteiger partial charge in [0, 0.05) is 22.3 Å². The highest BCUT2D eigenvalue weighted by Crippen LogP contribution is 2.45. The fraction of sp³-hybridized carbons (Fsp3) is 0.0345. The van der Waals surface area contributed by atoms with Crippen molar-refractivity contribution in [2.45, 2.75) is 5.41 Å². The van der Waals surface area contributed by atoms with Gasteiger partial charge < -0.3 is 22.9 Å². The Morgan fingerprint density at radius 1 is 0.351 bits per heavy atom. The van der Waals surface area contributed by atoms with E-state index in [1.165, 1.54) is 0 Å². The van der Waals surface area contributed by atoms with Gasteiger partial charge >= 0.3 is 0 Å². The predicted molar refractivity (Wildman–Crippen MR) is 149 cm³/mol. The lowest BCUT2D eigenvalue weighted by Crippen LogP contribution is -2.31. The zero-order valence-corrected chi connectivity index (χ0v) is 20.0. The maximum atomic E-state index is 7.83. The molecule has 0 bridgehead atoms. The van der Waals surface area contributed by atoms with Gasteiger partial charge in [-0.15, -0.1) is 0 Å². The second-order valence-electron chi connectivity index (χ2n) is 8.71. The number of nitrogen functional groups attached to an aromatic ring is 4. The van der Waals surface area contributed by atoms with E-state index in [1.807, 2.05) is 97.1 Å². The Hall–Kier alpha value is -5.24. The molecule has 0 spiro atoms. The molecule has 4 aromatic carbocycles. The van der Waals surface area contributed by atoms with Crippen molar-refractivity contribution < 1.29 is 0 Å². The Labute approximate surface area is 215 Å². The van der Waals surface area contributed by atoms with E-state index in [0.29, 0.717) is 22.3 Å². The molecule has 0 fully saturated rings. The van der Waals surface area contributed by atoms with Crippen molar-refractivity contribution in [3.8, 4) is 0 Å². The molecule has 0 aliphatic rings. The zero-order chi connectivity index (χ0) is 26.7. The number of benzene rings is 4. The predicted octanol–water partition coefficient (Wildman–Crippen LogP) is 3.21. The highest BCUT2D eigenvalue weighted by atomic mass is 14.7. The molecule has 4 rings (SSSR count). The van der Waals surface area contributed by atoms with Crippen LogP contribution in [-0.4, -0.2) is 23.3 Å². The molecule has 0 amide bonds. The molecule has 8 nitrogen and oxygen atoms in total. The molecular formula is C29H28N8. The van der Waals surface area contributed by atoms with Crippen molar-refractivity contribution in [3.63, 3.8) is 0 Å². The molecule has 8 heteroatoms. The summed E-state index contributed by atoms with van der Waals surface area (Å²) in [7, 11) is 0. The molecule has 4 aromatic rings. The van der Waals surface area contributed by atoms with Crippen LogP contribution >= 0.6 is 0 Å². The first-order valence-electron chi connectivity index (χ1n) is 11.4. The highest BCUT2D eigenvalue weighted by molar-refractivity contribution is 5.97. The average Bonchev–Trinajstić information content (AvgIpc) is 2.90. The van der Waals surface area contributed by atoms with Crippen LogP contribution in [0.25, 0.3) is 0 Å². The maximum absolute atomic E-state index is 7.83. The van der Waals surface area contributed by atoms with Crippen LogP contribution in [0.15, 0.2) is 97.1 Å². The summed E-state index contributed by atoms with van der Waals surface area (Å²) >= 11 is 0. The summed E-state index contributed by atoms with van der Waals surface area (Å²) in [6.45, 7) is 0. The summed E-state index contributed by atoms with van der Waals surface area (Å²) in [5.74, 6) is -0.113. The van der Waals surface area contributed by atoms with E-state index in [-0.39, 0.29) is 23.3 Å². The number of nitrogens with one attached hydrogen (secondary N) is 4. The topological polar surface area (TPSA) is 199 Å². The summed E-state index contributed by atoms with van der Waals surface area (Å²) in [4.78, 5) is 0. The normalized spacial score (nSPS) is 12.3. The highest BCUT2D eigenvalue weighted by Gasteiger charge is 2.38. The number of hydrogen-bond donors (Lipinski definition) is 8. The first kappa shape index (κ1) is 24.9. The molecule has 37 heavy (non-hydrogen) atoms. The van der Waals surface area contributed by atoms with Crippen molar-refractivity contribution in [1.82, 2.24) is 0 Å². The van der Waals surface area contributed by atoms with Gasteiger partial charge in [-0.3, -0.25) is 21.6 Å². The first-order valence-corrected chi connectivity index (χ1v) is 11.4. The van der Waals surface area contributed by atoms with Gasteiger partial charge in [-0.25, -0.2) is 0 Å². The van der Waals surface area contributed by atoms with Crippen molar-refractivity contribution in [2.75, 3.05) is 0 Å². The molecule has 0 unspecified atom stereocenters. The molecule has 0 saturated heterocycles. The molecular weight excluding hydrogens is 460 g/mol. The van der Waals surface area contributed by atoms with Gasteiger partial charge in [-0.05, 0) is 22.3 Å². The summed E-state index contributed by atoms with van der Waals surface area (Å²) in [6.07, 6.45) is 0. The van der Waals surface area contributed by atoms with E-state index in [4.69, 9.17) is 44.6 Å². The van der Waals surface area contributed by atoms with E-state index < -0.39 is 5.41 Å². The van der Waals surface area contributed by atoms with Gasteiger partial charge in [0.2, 0.25) is 0 Å². The van der Waals surface area contributed by atoms with Crippen LogP contribution < -0.4 is 22.9 Å². The van der Waals surface area contributed by atoms with E-state index in [0.717, 1.165) is 22.3 Å². The van der Waals surface area contributed by atoms with Crippen LogP contribution in [0.1, 0.15) is 44.5 Å². The molecule has 0 heterocycles. The molecule has 0 aromatic heterocycles. The molecule has 12 N–H and O–H groups in total. The quantitative estimate of drug-likeness (QED) is 0.107.